The summed E-state index contributed by atoms with van der Waals surface area (Å²) in [6.45, 7) is 9.15. The number of fused-ring (bicyclic) bond motifs is 2. The smallest absolute Gasteiger partial charge is 0.325 e. The van der Waals surface area contributed by atoms with Crippen LogP contribution < -0.4 is 19.3 Å². The maximum absolute atomic E-state index is 11.9. The molecule has 16 heteroatoms. The molecule has 4 heterocycles. The van der Waals surface area contributed by atoms with Crippen molar-refractivity contribution < 1.29 is 39.1 Å². The highest BCUT2D eigenvalue weighted by molar-refractivity contribution is 5.76. The van der Waals surface area contributed by atoms with Crippen molar-refractivity contribution in [1.82, 2.24) is 29.9 Å². The van der Waals surface area contributed by atoms with Crippen LogP contribution in [0.3, 0.4) is 0 Å². The third kappa shape index (κ3) is 11.5. The number of aromatic nitrogens is 6. The number of carboxylic acid groups (broad SMARTS) is 1. The van der Waals surface area contributed by atoms with E-state index in [1.807, 2.05) is 11.9 Å². The molecule has 0 atom stereocenters. The second-order valence-corrected chi connectivity index (χ2v) is 15.2. The van der Waals surface area contributed by atoms with Crippen molar-refractivity contribution in [2.45, 2.75) is 84.3 Å². The number of pyridine rings is 2. The van der Waals surface area contributed by atoms with Crippen LogP contribution in [0.1, 0.15) is 70.0 Å². The van der Waals surface area contributed by atoms with E-state index in [-0.39, 0.29) is 32.3 Å². The standard InChI is InChI=1S/C21H28N4O4.C19H24N4O4/c1-5-28-18(26)12-25(4)20-15-7-6-8-16(15)23-19(24-20)17-11-14(9-10-22-17)29-13-21(2,3)27;1-19(2,26)11-27-12-7-8-20-15(9-12)17-21-14-6-4-5-13(14)18(22-17)23(3)10-16(24)25/h9-11,27H,5-8,12-13H2,1-4H3;7-9,26H,4-6,10-11H2,1-3H3,(H,24,25). The van der Waals surface area contributed by atoms with Gasteiger partial charge in [0.2, 0.25) is 0 Å². The van der Waals surface area contributed by atoms with Crippen molar-refractivity contribution in [3.8, 4) is 34.5 Å². The molecule has 0 amide bonds. The molecule has 0 fully saturated rings. The second kappa shape index (κ2) is 18.0. The second-order valence-electron chi connectivity index (χ2n) is 15.2. The molecule has 0 saturated heterocycles. The zero-order chi connectivity index (χ0) is 40.6. The van der Waals surface area contributed by atoms with Crippen LogP contribution >= 0.6 is 0 Å². The van der Waals surface area contributed by atoms with Crippen LogP contribution in [-0.4, -0.2) is 115 Å². The number of esters is 1. The minimum absolute atomic E-state index is 0.124. The van der Waals surface area contributed by atoms with Crippen LogP contribution in [0.2, 0.25) is 0 Å². The molecule has 0 bridgehead atoms. The number of carbonyl (C=O) groups is 2. The summed E-state index contributed by atoms with van der Waals surface area (Å²) in [5, 5.41) is 28.8. The normalized spacial score (nSPS) is 13.2. The highest BCUT2D eigenvalue weighted by atomic mass is 16.5. The lowest BCUT2D eigenvalue weighted by Crippen LogP contribution is -2.29. The largest absolute Gasteiger partial charge is 0.490 e. The summed E-state index contributed by atoms with van der Waals surface area (Å²) in [7, 11) is 3.55. The Hall–Kier alpha value is -5.48. The van der Waals surface area contributed by atoms with Gasteiger partial charge in [0.05, 0.1) is 17.8 Å². The van der Waals surface area contributed by atoms with Gasteiger partial charge in [-0.15, -0.1) is 0 Å². The number of hydrogen-bond donors (Lipinski definition) is 3. The first-order valence-electron chi connectivity index (χ1n) is 18.7. The fraction of sp³-hybridized carbons (Fsp3) is 0.500. The SMILES string of the molecule is CCOC(=O)CN(C)c1nc(-c2cc(OCC(C)(C)O)ccn2)nc2c1CCC2.CN(CC(=O)O)c1nc(-c2cc(OCC(C)(C)O)ccn2)nc2c1CCC2. The number of likely N-dealkylation sites (N-methyl/N-ethyl adjacent to an activating group) is 2. The number of aryl methyl sites for hydroxylation is 2. The van der Waals surface area contributed by atoms with Gasteiger partial charge in [-0.3, -0.25) is 19.6 Å². The number of ether oxygens (including phenoxy) is 3. The van der Waals surface area contributed by atoms with Crippen LogP contribution in [0.25, 0.3) is 23.0 Å². The molecule has 0 saturated carbocycles. The van der Waals surface area contributed by atoms with Crippen molar-refractivity contribution in [1.29, 1.82) is 0 Å². The maximum Gasteiger partial charge on any atom is 0.325 e. The molecule has 0 aromatic carbocycles. The van der Waals surface area contributed by atoms with E-state index >= 15 is 0 Å². The number of carbonyl (C=O) groups excluding carboxylic acids is 1. The maximum atomic E-state index is 11.9. The zero-order valence-electron chi connectivity index (χ0n) is 33.2. The van der Waals surface area contributed by atoms with Crippen LogP contribution in [-0.2, 0) is 40.0 Å². The molecule has 3 N–H and O–H groups in total. The number of hydrogen-bond acceptors (Lipinski definition) is 15. The number of aliphatic hydroxyl groups is 2. The Balaban J connectivity index is 0.000000215. The first kappa shape index (κ1) is 41.7. The van der Waals surface area contributed by atoms with E-state index in [1.54, 1.807) is 83.2 Å². The van der Waals surface area contributed by atoms with Crippen LogP contribution in [0, 0.1) is 0 Å². The minimum Gasteiger partial charge on any atom is -0.490 e. The lowest BCUT2D eigenvalue weighted by molar-refractivity contribution is -0.141. The topological polar surface area (TPSA) is 206 Å². The van der Waals surface area contributed by atoms with Gasteiger partial charge < -0.3 is 39.3 Å². The molecule has 2 aliphatic rings. The Kier molecular flexibility index (Phi) is 13.4. The average Bonchev–Trinajstić information content (AvgIpc) is 3.82. The van der Waals surface area contributed by atoms with Crippen LogP contribution in [0.5, 0.6) is 11.5 Å². The van der Waals surface area contributed by atoms with E-state index in [1.165, 1.54) is 0 Å². The molecule has 0 radical (unpaired) electrons. The van der Waals surface area contributed by atoms with Crippen LogP contribution in [0.15, 0.2) is 36.7 Å². The third-order valence-corrected chi connectivity index (χ3v) is 8.69. The molecule has 6 rings (SSSR count). The lowest BCUT2D eigenvalue weighted by Gasteiger charge is -2.21. The number of aliphatic carboxylic acids is 1. The Morgan fingerprint density at radius 1 is 0.714 bits per heavy atom. The first-order chi connectivity index (χ1) is 26.5. The fourth-order valence-electron chi connectivity index (χ4n) is 6.21. The van der Waals surface area contributed by atoms with E-state index in [4.69, 9.17) is 29.3 Å². The van der Waals surface area contributed by atoms with Crippen molar-refractivity contribution in [2.75, 3.05) is 56.8 Å². The van der Waals surface area contributed by atoms with Gasteiger partial charge in [-0.05, 0) is 85.3 Å². The molecule has 0 aliphatic heterocycles. The summed E-state index contributed by atoms with van der Waals surface area (Å²) >= 11 is 0. The van der Waals surface area contributed by atoms with Crippen molar-refractivity contribution in [3.63, 3.8) is 0 Å². The lowest BCUT2D eigenvalue weighted by atomic mass is 10.2. The molecule has 2 aliphatic carbocycles. The van der Waals surface area contributed by atoms with Gasteiger partial charge in [-0.2, -0.15) is 0 Å². The minimum atomic E-state index is -0.944. The quantitative estimate of drug-likeness (QED) is 0.147. The summed E-state index contributed by atoms with van der Waals surface area (Å²) in [6.07, 6.45) is 8.67. The molecule has 56 heavy (non-hydrogen) atoms. The molecule has 300 valence electrons. The molecule has 0 spiro atoms. The van der Waals surface area contributed by atoms with Gasteiger partial charge in [0.25, 0.3) is 0 Å². The summed E-state index contributed by atoms with van der Waals surface area (Å²) in [6, 6.07) is 6.93. The van der Waals surface area contributed by atoms with Crippen molar-refractivity contribution in [2.24, 2.45) is 0 Å². The van der Waals surface area contributed by atoms with E-state index < -0.39 is 17.2 Å². The van der Waals surface area contributed by atoms with E-state index in [9.17, 15) is 19.8 Å². The Morgan fingerprint density at radius 3 is 1.57 bits per heavy atom. The molecule has 16 nitrogen and oxygen atoms in total. The van der Waals surface area contributed by atoms with Gasteiger partial charge in [0.1, 0.15) is 60.8 Å². The summed E-state index contributed by atoms with van der Waals surface area (Å²) in [4.78, 5) is 53.9. The average molecular weight is 773 g/mol. The van der Waals surface area contributed by atoms with Gasteiger partial charge in [-0.25, -0.2) is 19.9 Å². The molecular formula is C40H52N8O8. The molecule has 0 unspecified atom stereocenters. The van der Waals surface area contributed by atoms with Crippen LogP contribution in [0.4, 0.5) is 11.6 Å². The number of nitrogens with zero attached hydrogens (tertiary/aromatic N) is 8. The predicted molar refractivity (Wildman–Crippen MR) is 209 cm³/mol. The highest BCUT2D eigenvalue weighted by Gasteiger charge is 2.25. The van der Waals surface area contributed by atoms with Gasteiger partial charge in [-0.1, -0.05) is 0 Å². The van der Waals surface area contributed by atoms with E-state index in [2.05, 4.69) is 19.9 Å². The Morgan fingerprint density at radius 2 is 1.16 bits per heavy atom. The first-order valence-corrected chi connectivity index (χ1v) is 18.7. The molecular weight excluding hydrogens is 720 g/mol. The summed E-state index contributed by atoms with van der Waals surface area (Å²) in [5.74, 6) is 2.25. The van der Waals surface area contributed by atoms with Gasteiger partial charge in [0.15, 0.2) is 11.6 Å². The highest BCUT2D eigenvalue weighted by Crippen LogP contribution is 2.33. The summed E-state index contributed by atoms with van der Waals surface area (Å²) in [5.41, 5.74) is 3.27. The van der Waals surface area contributed by atoms with Crippen molar-refractivity contribution in [3.05, 3.63) is 59.2 Å². The monoisotopic (exact) mass is 772 g/mol. The molecule has 4 aromatic heterocycles. The third-order valence-electron chi connectivity index (χ3n) is 8.69. The number of anilines is 2. The Labute approximate surface area is 327 Å². The van der Waals surface area contributed by atoms with Gasteiger partial charge >= 0.3 is 11.9 Å². The number of carboxylic acids is 1. The van der Waals surface area contributed by atoms with E-state index in [0.717, 1.165) is 66.9 Å². The van der Waals surface area contributed by atoms with Crippen molar-refractivity contribution >= 4 is 23.6 Å². The zero-order valence-corrected chi connectivity index (χ0v) is 33.2. The predicted octanol–water partition coefficient (Wildman–Crippen LogP) is 3.87. The summed E-state index contributed by atoms with van der Waals surface area (Å²) < 4.78 is 16.4. The van der Waals surface area contributed by atoms with Gasteiger partial charge in [0, 0.05) is 61.1 Å². The number of rotatable bonds is 15. The fourth-order valence-corrected chi connectivity index (χ4v) is 6.21. The van der Waals surface area contributed by atoms with E-state index in [0.29, 0.717) is 47.0 Å². The molecule has 4 aromatic rings. The Bertz CT molecular complexity index is 2010.